The number of ether oxygens (including phenoxy) is 1. The van der Waals surface area contributed by atoms with E-state index >= 15 is 0 Å². The van der Waals surface area contributed by atoms with Gasteiger partial charge in [0.15, 0.2) is 0 Å². The number of anilines is 1. The fourth-order valence-corrected chi connectivity index (χ4v) is 1.86. The first-order chi connectivity index (χ1) is 9.22. The molecule has 1 aromatic heterocycles. The molecule has 0 radical (unpaired) electrons. The molecule has 1 aromatic carbocycles. The Balaban J connectivity index is 2.21. The highest BCUT2D eigenvalue weighted by Gasteiger charge is 2.11. The summed E-state index contributed by atoms with van der Waals surface area (Å²) in [4.78, 5) is 8.49. The topological polar surface area (TPSA) is 73.1 Å². The van der Waals surface area contributed by atoms with Crippen LogP contribution in [0.15, 0.2) is 36.4 Å². The smallest absolute Gasteiger partial charge is 0.218 e. The summed E-state index contributed by atoms with van der Waals surface area (Å²) < 4.78 is 5.13. The average Bonchev–Trinajstić information content (AvgIpc) is 2.45. The first-order valence-corrected chi connectivity index (χ1v) is 6.14. The molecule has 0 bridgehead atoms. The van der Waals surface area contributed by atoms with E-state index in [9.17, 15) is 0 Å². The van der Waals surface area contributed by atoms with E-state index in [-0.39, 0.29) is 6.04 Å². The highest BCUT2D eigenvalue weighted by atomic mass is 16.5. The number of nitrogens with two attached hydrogens (primary N) is 1. The maximum absolute atomic E-state index is 5.82. The Bertz CT molecular complexity index is 530. The molecule has 0 aliphatic heterocycles. The fourth-order valence-electron chi connectivity index (χ4n) is 1.86. The molecule has 100 valence electrons. The Hall–Kier alpha value is -2.14. The molecule has 19 heavy (non-hydrogen) atoms. The van der Waals surface area contributed by atoms with Gasteiger partial charge in [-0.05, 0) is 12.5 Å². The number of benzene rings is 1. The highest BCUT2D eigenvalue weighted by molar-refractivity contribution is 5.41. The van der Waals surface area contributed by atoms with Crippen molar-refractivity contribution in [2.75, 3.05) is 19.0 Å². The van der Waals surface area contributed by atoms with Gasteiger partial charge in [-0.2, -0.15) is 4.98 Å². The largest absolute Gasteiger partial charge is 0.481 e. The van der Waals surface area contributed by atoms with Crippen molar-refractivity contribution in [1.82, 2.24) is 9.97 Å². The van der Waals surface area contributed by atoms with Crippen LogP contribution >= 0.6 is 0 Å². The number of rotatable bonds is 5. The number of aromatic nitrogens is 2. The zero-order valence-electron chi connectivity index (χ0n) is 11.1. The highest BCUT2D eigenvalue weighted by Crippen LogP contribution is 2.19. The molecule has 2 rings (SSSR count). The van der Waals surface area contributed by atoms with Gasteiger partial charge in [-0.25, -0.2) is 4.98 Å². The van der Waals surface area contributed by atoms with Crippen LogP contribution < -0.4 is 15.8 Å². The minimum atomic E-state index is 0.0141. The third-order valence-corrected chi connectivity index (χ3v) is 2.78. The molecule has 0 spiro atoms. The molecule has 1 unspecified atom stereocenters. The van der Waals surface area contributed by atoms with Crippen LogP contribution in [0.4, 0.5) is 5.82 Å². The second-order valence-electron chi connectivity index (χ2n) is 4.19. The van der Waals surface area contributed by atoms with E-state index < -0.39 is 0 Å². The fraction of sp³-hybridized carbons (Fsp3) is 0.286. The number of aryl methyl sites for hydroxylation is 1. The molecule has 3 N–H and O–H groups in total. The molecule has 1 atom stereocenters. The predicted molar refractivity (Wildman–Crippen MR) is 75.2 cm³/mol. The van der Waals surface area contributed by atoms with Gasteiger partial charge >= 0.3 is 0 Å². The van der Waals surface area contributed by atoms with Crippen molar-refractivity contribution in [2.24, 2.45) is 5.73 Å². The lowest BCUT2D eigenvalue weighted by Gasteiger charge is -2.18. The lowest BCUT2D eigenvalue weighted by atomic mass is 10.1. The van der Waals surface area contributed by atoms with Crippen LogP contribution in [0.5, 0.6) is 5.88 Å². The van der Waals surface area contributed by atoms with Crippen LogP contribution in [0, 0.1) is 6.92 Å². The number of hydrogen-bond acceptors (Lipinski definition) is 5. The van der Waals surface area contributed by atoms with E-state index in [0.717, 1.165) is 5.56 Å². The van der Waals surface area contributed by atoms with Gasteiger partial charge in [0.25, 0.3) is 0 Å². The SMILES string of the molecule is COc1cc(NC(CN)c2ccccc2)nc(C)n1. The summed E-state index contributed by atoms with van der Waals surface area (Å²) in [6.45, 7) is 2.31. The number of methoxy groups -OCH3 is 1. The monoisotopic (exact) mass is 258 g/mol. The Kier molecular flexibility index (Phi) is 4.30. The van der Waals surface area contributed by atoms with Gasteiger partial charge in [-0.15, -0.1) is 0 Å². The lowest BCUT2D eigenvalue weighted by Crippen LogP contribution is -2.21. The summed E-state index contributed by atoms with van der Waals surface area (Å²) in [6.07, 6.45) is 0. The zero-order chi connectivity index (χ0) is 13.7. The van der Waals surface area contributed by atoms with Crippen LogP contribution in [-0.2, 0) is 0 Å². The van der Waals surface area contributed by atoms with E-state index in [1.807, 2.05) is 37.3 Å². The standard InChI is InChI=1S/C14H18N4O/c1-10-16-13(8-14(17-10)19-2)18-12(9-15)11-6-4-3-5-7-11/h3-8,12H,9,15H2,1-2H3,(H,16,17,18). The Morgan fingerprint density at radius 3 is 2.63 bits per heavy atom. The molecule has 0 amide bonds. The molecule has 5 heteroatoms. The average molecular weight is 258 g/mol. The number of nitrogens with one attached hydrogen (secondary N) is 1. The van der Waals surface area contributed by atoms with Gasteiger partial charge in [0.2, 0.25) is 5.88 Å². The van der Waals surface area contributed by atoms with Crippen LogP contribution in [0.2, 0.25) is 0 Å². The summed E-state index contributed by atoms with van der Waals surface area (Å²) >= 11 is 0. The number of nitrogens with zero attached hydrogens (tertiary/aromatic N) is 2. The van der Waals surface area contributed by atoms with Gasteiger partial charge < -0.3 is 15.8 Å². The minimum Gasteiger partial charge on any atom is -0.481 e. The second-order valence-corrected chi connectivity index (χ2v) is 4.19. The molecule has 0 fully saturated rings. The summed E-state index contributed by atoms with van der Waals surface area (Å²) in [5.41, 5.74) is 6.95. The van der Waals surface area contributed by atoms with E-state index in [1.165, 1.54) is 0 Å². The second kappa shape index (κ2) is 6.15. The maximum atomic E-state index is 5.82. The van der Waals surface area contributed by atoms with Crippen molar-refractivity contribution in [3.8, 4) is 5.88 Å². The van der Waals surface area contributed by atoms with E-state index in [2.05, 4.69) is 15.3 Å². The molecule has 0 saturated carbocycles. The molecule has 1 heterocycles. The van der Waals surface area contributed by atoms with Gasteiger partial charge in [-0.3, -0.25) is 0 Å². The van der Waals surface area contributed by atoms with Gasteiger partial charge in [0.05, 0.1) is 13.2 Å². The molecule has 0 saturated heterocycles. The molecule has 0 aliphatic rings. The van der Waals surface area contributed by atoms with E-state index in [4.69, 9.17) is 10.5 Å². The molecule has 0 aliphatic carbocycles. The molecular weight excluding hydrogens is 240 g/mol. The molecule has 2 aromatic rings. The summed E-state index contributed by atoms with van der Waals surface area (Å²) in [5.74, 6) is 1.91. The third-order valence-electron chi connectivity index (χ3n) is 2.78. The Morgan fingerprint density at radius 2 is 2.00 bits per heavy atom. The maximum Gasteiger partial charge on any atom is 0.218 e. The molecular formula is C14H18N4O. The minimum absolute atomic E-state index is 0.0141. The zero-order valence-corrected chi connectivity index (χ0v) is 11.1. The first-order valence-electron chi connectivity index (χ1n) is 6.14. The van der Waals surface area contributed by atoms with Crippen LogP contribution in [0.1, 0.15) is 17.4 Å². The van der Waals surface area contributed by atoms with Crippen LogP contribution in [-0.4, -0.2) is 23.6 Å². The first kappa shape index (κ1) is 13.3. The van der Waals surface area contributed by atoms with Gasteiger partial charge in [0, 0.05) is 12.6 Å². The predicted octanol–water partition coefficient (Wildman–Crippen LogP) is 1.91. The van der Waals surface area contributed by atoms with E-state index in [1.54, 1.807) is 13.2 Å². The van der Waals surface area contributed by atoms with Gasteiger partial charge in [0.1, 0.15) is 11.6 Å². The molecule has 5 nitrogen and oxygen atoms in total. The lowest BCUT2D eigenvalue weighted by molar-refractivity contribution is 0.396. The quantitative estimate of drug-likeness (QED) is 0.857. The van der Waals surface area contributed by atoms with Crippen molar-refractivity contribution < 1.29 is 4.74 Å². The summed E-state index contributed by atoms with van der Waals surface area (Å²) in [6, 6.07) is 11.8. The van der Waals surface area contributed by atoms with E-state index in [0.29, 0.717) is 24.1 Å². The van der Waals surface area contributed by atoms with Crippen molar-refractivity contribution in [2.45, 2.75) is 13.0 Å². The normalized spacial score (nSPS) is 11.9. The Morgan fingerprint density at radius 1 is 1.26 bits per heavy atom. The van der Waals surface area contributed by atoms with Crippen molar-refractivity contribution >= 4 is 5.82 Å². The van der Waals surface area contributed by atoms with Crippen molar-refractivity contribution in [3.05, 3.63) is 47.8 Å². The van der Waals surface area contributed by atoms with Gasteiger partial charge in [-0.1, -0.05) is 30.3 Å². The summed E-state index contributed by atoms with van der Waals surface area (Å²) in [7, 11) is 1.59. The van der Waals surface area contributed by atoms with Crippen LogP contribution in [0.25, 0.3) is 0 Å². The van der Waals surface area contributed by atoms with Crippen molar-refractivity contribution in [3.63, 3.8) is 0 Å². The van der Waals surface area contributed by atoms with Crippen LogP contribution in [0.3, 0.4) is 0 Å². The van der Waals surface area contributed by atoms with Crippen molar-refractivity contribution in [1.29, 1.82) is 0 Å². The third kappa shape index (κ3) is 3.42. The number of hydrogen-bond donors (Lipinski definition) is 2. The summed E-state index contributed by atoms with van der Waals surface area (Å²) in [5, 5.41) is 3.30. The Labute approximate surface area is 112 Å².